The van der Waals surface area contributed by atoms with E-state index in [1.165, 1.54) is 30.9 Å². The lowest BCUT2D eigenvalue weighted by atomic mass is 9.56. The highest BCUT2D eigenvalue weighted by Gasteiger charge is 2.53. The SMILES string of the molecule is Cc1nc(-c2cc(C(=O)NCc3nc(C(C)(C)C(C)(F)F)n[nH]3)on2)ncc1-c1ncc(C(C)N2CC3(CC(c4ccc(N5CCC(=O)NC5=O)c(F)c4)C3)C2)cn1. The highest BCUT2D eigenvalue weighted by molar-refractivity contribution is 6.05. The van der Waals surface area contributed by atoms with Gasteiger partial charge in [-0.2, -0.15) is 5.10 Å². The molecule has 4 aromatic heterocycles. The Bertz CT molecular complexity index is 2400. The molecule has 3 aliphatic rings. The number of aryl methyl sites for hydroxylation is 1. The molecule has 1 atom stereocenters. The van der Waals surface area contributed by atoms with Crippen molar-refractivity contribution in [2.75, 3.05) is 24.5 Å². The molecule has 19 heteroatoms. The zero-order valence-corrected chi connectivity index (χ0v) is 32.4. The lowest BCUT2D eigenvalue weighted by molar-refractivity contribution is -0.120. The number of imide groups is 1. The summed E-state index contributed by atoms with van der Waals surface area (Å²) in [6.45, 7) is 9.27. The Labute approximate surface area is 330 Å². The average Bonchev–Trinajstić information content (AvgIpc) is 3.84. The van der Waals surface area contributed by atoms with Crippen molar-refractivity contribution in [3.63, 3.8) is 0 Å². The lowest BCUT2D eigenvalue weighted by Gasteiger charge is -2.61. The topological polar surface area (TPSA) is 201 Å². The van der Waals surface area contributed by atoms with Crippen LogP contribution in [0.1, 0.15) is 97.9 Å². The quantitative estimate of drug-likeness (QED) is 0.154. The molecule has 16 nitrogen and oxygen atoms in total. The number of H-pyrrole nitrogens is 1. The third-order valence-corrected chi connectivity index (χ3v) is 11.7. The first kappa shape index (κ1) is 38.7. The molecule has 58 heavy (non-hydrogen) atoms. The van der Waals surface area contributed by atoms with E-state index in [1.807, 2.05) is 6.07 Å². The number of anilines is 1. The van der Waals surface area contributed by atoms with Crippen molar-refractivity contribution in [2.45, 2.75) is 83.7 Å². The molecule has 0 radical (unpaired) electrons. The van der Waals surface area contributed by atoms with Crippen molar-refractivity contribution in [1.82, 2.24) is 55.8 Å². The van der Waals surface area contributed by atoms with E-state index in [2.05, 4.69) is 62.7 Å². The second kappa shape index (κ2) is 14.4. The van der Waals surface area contributed by atoms with Crippen LogP contribution in [-0.4, -0.2) is 88.6 Å². The summed E-state index contributed by atoms with van der Waals surface area (Å²) in [7, 11) is 0. The van der Waals surface area contributed by atoms with Crippen LogP contribution in [0.4, 0.5) is 23.7 Å². The first-order chi connectivity index (χ1) is 27.5. The van der Waals surface area contributed by atoms with Gasteiger partial charge in [-0.05, 0) is 69.6 Å². The number of carbonyl (C=O) groups is 3. The molecule has 2 saturated heterocycles. The van der Waals surface area contributed by atoms with Crippen LogP contribution in [-0.2, 0) is 16.8 Å². The summed E-state index contributed by atoms with van der Waals surface area (Å²) in [6, 6.07) is 5.92. The standard InChI is InChI=1S/C39H41F3N12O4/c1-20-25(16-45-33(47-20)27-11-29(58-52-27)34(56)46-17-30-48-35(51-50-30)37(3,4)38(5,41)42)32-43-14-24(15-44-32)21(2)53-18-39(19-53)12-23(13-39)22-6-7-28(26(40)10-22)54-9-8-31(55)49-36(54)57/h6-7,10-11,14-16,21,23H,8-9,12-13,17-19H2,1-5H3,(H,46,56)(H,48,50,51)(H,49,55,57). The Kier molecular flexibility index (Phi) is 9.60. The van der Waals surface area contributed by atoms with Crippen molar-refractivity contribution >= 4 is 23.5 Å². The van der Waals surface area contributed by atoms with Crippen LogP contribution in [0, 0.1) is 18.2 Å². The number of alkyl halides is 2. The predicted octanol–water partition coefficient (Wildman–Crippen LogP) is 5.40. The minimum absolute atomic E-state index is 0.0716. The number of carbonyl (C=O) groups excluding carboxylic acids is 3. The second-order valence-corrected chi connectivity index (χ2v) is 16.1. The Morgan fingerprint density at radius 2 is 1.78 bits per heavy atom. The number of likely N-dealkylation sites (tertiary alicyclic amines) is 1. The summed E-state index contributed by atoms with van der Waals surface area (Å²) < 4.78 is 48.3. The van der Waals surface area contributed by atoms with E-state index in [9.17, 15) is 23.2 Å². The first-order valence-electron chi connectivity index (χ1n) is 18.9. The van der Waals surface area contributed by atoms with Gasteiger partial charge in [-0.1, -0.05) is 11.2 Å². The largest absolute Gasteiger partial charge is 0.350 e. The van der Waals surface area contributed by atoms with Crippen molar-refractivity contribution in [1.29, 1.82) is 0 Å². The van der Waals surface area contributed by atoms with Crippen molar-refractivity contribution in [3.05, 3.63) is 82.9 Å². The van der Waals surface area contributed by atoms with E-state index < -0.39 is 29.1 Å². The molecule has 1 saturated carbocycles. The fraction of sp³-hybridized carbons (Fsp3) is 0.436. The molecule has 6 heterocycles. The van der Waals surface area contributed by atoms with E-state index >= 15 is 4.39 Å². The predicted molar refractivity (Wildman–Crippen MR) is 201 cm³/mol. The van der Waals surface area contributed by atoms with E-state index in [0.29, 0.717) is 17.1 Å². The fourth-order valence-electron chi connectivity index (χ4n) is 7.66. The van der Waals surface area contributed by atoms with Gasteiger partial charge in [0.25, 0.3) is 11.8 Å². The Balaban J connectivity index is 0.830. The molecule has 8 rings (SSSR count). The number of nitrogens with zero attached hydrogens (tertiary/aromatic N) is 9. The van der Waals surface area contributed by atoms with Gasteiger partial charge in [0.2, 0.25) is 11.7 Å². The number of aromatic amines is 1. The molecule has 2 aliphatic heterocycles. The smallest absolute Gasteiger partial charge is 0.328 e. The van der Waals surface area contributed by atoms with Crippen LogP contribution in [0.3, 0.4) is 0 Å². The van der Waals surface area contributed by atoms with Gasteiger partial charge in [0.15, 0.2) is 23.2 Å². The zero-order valence-electron chi connectivity index (χ0n) is 32.4. The number of hydrogen-bond donors (Lipinski definition) is 3. The van der Waals surface area contributed by atoms with E-state index in [1.54, 1.807) is 31.6 Å². The summed E-state index contributed by atoms with van der Waals surface area (Å²) in [5.41, 5.74) is 2.09. The second-order valence-electron chi connectivity index (χ2n) is 16.1. The number of benzene rings is 1. The Morgan fingerprint density at radius 3 is 2.45 bits per heavy atom. The highest BCUT2D eigenvalue weighted by Crippen LogP contribution is 2.57. The van der Waals surface area contributed by atoms with Gasteiger partial charge in [-0.3, -0.25) is 29.8 Å². The molecular formula is C39H41F3N12O4. The molecule has 1 aromatic carbocycles. The van der Waals surface area contributed by atoms with Gasteiger partial charge in [0, 0.05) is 69.2 Å². The van der Waals surface area contributed by atoms with Crippen LogP contribution >= 0.6 is 0 Å². The number of urea groups is 1. The third kappa shape index (κ3) is 7.18. The summed E-state index contributed by atoms with van der Waals surface area (Å²) in [5, 5.41) is 15.3. The number of halogens is 3. The van der Waals surface area contributed by atoms with Gasteiger partial charge in [0.05, 0.1) is 28.9 Å². The first-order valence-corrected chi connectivity index (χ1v) is 18.9. The molecule has 302 valence electrons. The Morgan fingerprint density at radius 1 is 1.05 bits per heavy atom. The number of hydrogen-bond acceptors (Lipinski definition) is 12. The van der Waals surface area contributed by atoms with Crippen LogP contribution < -0.4 is 15.5 Å². The molecular weight excluding hydrogens is 758 g/mol. The zero-order chi connectivity index (χ0) is 41.1. The average molecular weight is 799 g/mol. The number of aromatic nitrogens is 8. The van der Waals surface area contributed by atoms with Crippen LogP contribution in [0.25, 0.3) is 22.9 Å². The molecule has 3 N–H and O–H groups in total. The van der Waals surface area contributed by atoms with Crippen molar-refractivity contribution in [2.24, 2.45) is 5.41 Å². The highest BCUT2D eigenvalue weighted by atomic mass is 19.3. The molecule has 0 bridgehead atoms. The van der Waals surface area contributed by atoms with Gasteiger partial charge >= 0.3 is 6.03 Å². The van der Waals surface area contributed by atoms with Crippen LogP contribution in [0.5, 0.6) is 0 Å². The number of nitrogens with one attached hydrogen (secondary N) is 3. The minimum Gasteiger partial charge on any atom is -0.350 e. The van der Waals surface area contributed by atoms with E-state index in [4.69, 9.17) is 4.52 Å². The van der Waals surface area contributed by atoms with Gasteiger partial charge in [-0.15, -0.1) is 0 Å². The molecule has 1 spiro atoms. The lowest BCUT2D eigenvalue weighted by Crippen LogP contribution is -2.61. The van der Waals surface area contributed by atoms with Gasteiger partial charge in [0.1, 0.15) is 11.6 Å². The fourth-order valence-corrected chi connectivity index (χ4v) is 7.66. The molecule has 1 aliphatic carbocycles. The summed E-state index contributed by atoms with van der Waals surface area (Å²) >= 11 is 0. The van der Waals surface area contributed by atoms with Crippen molar-refractivity contribution < 1.29 is 32.1 Å². The Hall–Kier alpha value is -6.11. The summed E-state index contributed by atoms with van der Waals surface area (Å²) in [6.07, 6.45) is 7.25. The maximum absolute atomic E-state index is 15.1. The monoisotopic (exact) mass is 798 g/mol. The molecule has 1 unspecified atom stereocenters. The molecule has 3 fully saturated rings. The maximum atomic E-state index is 15.1. The molecule has 4 amide bonds. The van der Waals surface area contributed by atoms with E-state index in [0.717, 1.165) is 44.0 Å². The summed E-state index contributed by atoms with van der Waals surface area (Å²) in [4.78, 5) is 62.4. The van der Waals surface area contributed by atoms with Crippen LogP contribution in [0.15, 0.2) is 47.4 Å². The molecule has 5 aromatic rings. The van der Waals surface area contributed by atoms with Gasteiger partial charge in [-0.25, -0.2) is 42.9 Å². The minimum atomic E-state index is -3.06. The maximum Gasteiger partial charge on any atom is 0.328 e. The van der Waals surface area contributed by atoms with Gasteiger partial charge < -0.3 is 9.84 Å². The summed E-state index contributed by atoms with van der Waals surface area (Å²) in [5.74, 6) is -3.54. The van der Waals surface area contributed by atoms with Crippen LogP contribution in [0.2, 0.25) is 0 Å². The van der Waals surface area contributed by atoms with Crippen molar-refractivity contribution in [3.8, 4) is 22.9 Å². The normalized spacial score (nSPS) is 17.8. The number of amides is 4. The van der Waals surface area contributed by atoms with E-state index in [-0.39, 0.29) is 77.4 Å². The number of rotatable bonds is 11. The third-order valence-electron chi connectivity index (χ3n) is 11.7.